The molecule has 6 heteroatoms. The summed E-state index contributed by atoms with van der Waals surface area (Å²) in [6.45, 7) is 0. The Hall–Kier alpha value is -2.91. The summed E-state index contributed by atoms with van der Waals surface area (Å²) in [5.74, 6) is -0.251. The van der Waals surface area contributed by atoms with E-state index in [1.54, 1.807) is 42.5 Å². The van der Waals surface area contributed by atoms with Crippen molar-refractivity contribution < 1.29 is 4.79 Å². The molecule has 0 aliphatic carbocycles. The van der Waals surface area contributed by atoms with Gasteiger partial charge in [0.05, 0.1) is 11.6 Å². The number of ketones is 1. The van der Waals surface area contributed by atoms with Gasteiger partial charge in [0.25, 0.3) is 0 Å². The first-order valence-corrected chi connectivity index (χ1v) is 6.89. The maximum atomic E-state index is 12.6. The number of hydrogen-bond donors (Lipinski definition) is 2. The molecular weight excluding hydrogens is 296 g/mol. The third kappa shape index (κ3) is 2.50. The summed E-state index contributed by atoms with van der Waals surface area (Å²) in [6, 6.07) is 15.9. The molecule has 1 heterocycles. The average Bonchev–Trinajstić information content (AvgIpc) is 3.04. The zero-order valence-electron chi connectivity index (χ0n) is 11.3. The molecule has 1 aromatic heterocycles. The van der Waals surface area contributed by atoms with E-state index in [1.807, 2.05) is 12.1 Å². The second-order valence-corrected chi connectivity index (χ2v) is 5.04. The monoisotopic (exact) mass is 306 g/mol. The second-order valence-electron chi connectivity index (χ2n) is 4.56. The first kappa shape index (κ1) is 14.0. The minimum absolute atomic E-state index is 0.228. The Morgan fingerprint density at radius 3 is 2.50 bits per heavy atom. The Kier molecular flexibility index (Phi) is 3.73. The van der Waals surface area contributed by atoms with Crippen LogP contribution in [0.5, 0.6) is 0 Å². The highest BCUT2D eigenvalue weighted by Gasteiger charge is 2.20. The van der Waals surface area contributed by atoms with Gasteiger partial charge in [0.2, 0.25) is 5.78 Å². The summed E-state index contributed by atoms with van der Waals surface area (Å²) in [5.41, 5.74) is 2.40. The number of H-pyrrole nitrogens is 1. The molecule has 0 radical (unpaired) electrons. The van der Waals surface area contributed by atoms with E-state index in [-0.39, 0.29) is 11.5 Å². The standard InChI is InChI=1S/C16H10N4OS/c17-9-10-5-7-11(8-6-10)14-15(19-20-18-14)16(21)12-3-1-2-4-13(12)22/h1-8,22H,(H,18,19,20). The third-order valence-electron chi connectivity index (χ3n) is 3.20. The highest BCUT2D eigenvalue weighted by molar-refractivity contribution is 7.80. The van der Waals surface area contributed by atoms with Crippen LogP contribution in [0.4, 0.5) is 0 Å². The number of rotatable bonds is 3. The minimum Gasteiger partial charge on any atom is -0.287 e. The van der Waals surface area contributed by atoms with Crippen LogP contribution in [0, 0.1) is 11.3 Å². The molecule has 3 rings (SSSR count). The molecule has 0 amide bonds. The molecule has 22 heavy (non-hydrogen) atoms. The van der Waals surface area contributed by atoms with E-state index in [0.29, 0.717) is 27.3 Å². The molecule has 106 valence electrons. The largest absolute Gasteiger partial charge is 0.287 e. The van der Waals surface area contributed by atoms with Crippen LogP contribution in [-0.2, 0) is 0 Å². The molecule has 0 bridgehead atoms. The quantitative estimate of drug-likeness (QED) is 0.576. The van der Waals surface area contributed by atoms with Gasteiger partial charge in [-0.25, -0.2) is 0 Å². The molecule has 0 fully saturated rings. The molecule has 0 aliphatic rings. The second kappa shape index (κ2) is 5.84. The van der Waals surface area contributed by atoms with E-state index in [1.165, 1.54) is 0 Å². The van der Waals surface area contributed by atoms with Gasteiger partial charge in [0, 0.05) is 16.0 Å². The van der Waals surface area contributed by atoms with E-state index in [0.717, 1.165) is 0 Å². The lowest BCUT2D eigenvalue weighted by Gasteiger charge is -2.03. The summed E-state index contributed by atoms with van der Waals surface area (Å²) in [6.07, 6.45) is 0. The van der Waals surface area contributed by atoms with Crippen LogP contribution < -0.4 is 0 Å². The molecule has 0 unspecified atom stereocenters. The van der Waals surface area contributed by atoms with Crippen LogP contribution in [-0.4, -0.2) is 21.2 Å². The number of benzene rings is 2. The number of hydrogen-bond acceptors (Lipinski definition) is 5. The number of nitriles is 1. The Morgan fingerprint density at radius 1 is 1.09 bits per heavy atom. The van der Waals surface area contributed by atoms with Gasteiger partial charge in [0.15, 0.2) is 5.69 Å². The summed E-state index contributed by atoms with van der Waals surface area (Å²) in [4.78, 5) is 13.2. The zero-order valence-corrected chi connectivity index (χ0v) is 12.2. The van der Waals surface area contributed by atoms with Crippen molar-refractivity contribution in [3.63, 3.8) is 0 Å². The van der Waals surface area contributed by atoms with Gasteiger partial charge < -0.3 is 0 Å². The lowest BCUT2D eigenvalue weighted by atomic mass is 10.0. The highest BCUT2D eigenvalue weighted by Crippen LogP contribution is 2.24. The minimum atomic E-state index is -0.251. The van der Waals surface area contributed by atoms with Crippen molar-refractivity contribution in [2.75, 3.05) is 0 Å². The Balaban J connectivity index is 2.04. The molecule has 1 N–H and O–H groups in total. The van der Waals surface area contributed by atoms with Crippen molar-refractivity contribution in [1.29, 1.82) is 5.26 Å². The van der Waals surface area contributed by atoms with Crippen molar-refractivity contribution in [3.8, 4) is 17.3 Å². The fraction of sp³-hybridized carbons (Fsp3) is 0. The average molecular weight is 306 g/mol. The van der Waals surface area contributed by atoms with Gasteiger partial charge in [-0.05, 0) is 24.3 Å². The number of carbonyl (C=O) groups is 1. The van der Waals surface area contributed by atoms with E-state index < -0.39 is 0 Å². The highest BCUT2D eigenvalue weighted by atomic mass is 32.1. The number of nitrogens with zero attached hydrogens (tertiary/aromatic N) is 3. The predicted molar refractivity (Wildman–Crippen MR) is 83.7 cm³/mol. The van der Waals surface area contributed by atoms with Crippen molar-refractivity contribution in [1.82, 2.24) is 15.4 Å². The number of aromatic amines is 1. The Bertz CT molecular complexity index is 878. The molecule has 0 saturated carbocycles. The van der Waals surface area contributed by atoms with E-state index in [4.69, 9.17) is 5.26 Å². The first-order valence-electron chi connectivity index (χ1n) is 6.44. The van der Waals surface area contributed by atoms with Crippen LogP contribution >= 0.6 is 12.6 Å². The van der Waals surface area contributed by atoms with Gasteiger partial charge in [-0.15, -0.1) is 12.6 Å². The van der Waals surface area contributed by atoms with Gasteiger partial charge >= 0.3 is 0 Å². The molecule has 5 nitrogen and oxygen atoms in total. The van der Waals surface area contributed by atoms with Gasteiger partial charge in [0.1, 0.15) is 5.69 Å². The fourth-order valence-electron chi connectivity index (χ4n) is 2.09. The summed E-state index contributed by atoms with van der Waals surface area (Å²) >= 11 is 4.30. The third-order valence-corrected chi connectivity index (χ3v) is 3.59. The van der Waals surface area contributed by atoms with Crippen LogP contribution in [0.2, 0.25) is 0 Å². The van der Waals surface area contributed by atoms with Gasteiger partial charge in [-0.2, -0.15) is 20.7 Å². The SMILES string of the molecule is N#Cc1ccc(-c2n[nH]nc2C(=O)c2ccccc2S)cc1. The Morgan fingerprint density at radius 2 is 1.82 bits per heavy atom. The maximum Gasteiger partial charge on any atom is 0.216 e. The topological polar surface area (TPSA) is 82.4 Å². The molecule has 0 saturated heterocycles. The van der Waals surface area contributed by atoms with Crippen molar-refractivity contribution in [2.24, 2.45) is 0 Å². The van der Waals surface area contributed by atoms with Crippen LogP contribution in [0.15, 0.2) is 53.4 Å². The van der Waals surface area contributed by atoms with Crippen molar-refractivity contribution >= 4 is 18.4 Å². The first-order chi connectivity index (χ1) is 10.7. The fourth-order valence-corrected chi connectivity index (χ4v) is 2.35. The maximum absolute atomic E-state index is 12.6. The number of nitrogens with one attached hydrogen (secondary N) is 1. The predicted octanol–water partition coefficient (Wildman–Crippen LogP) is 2.86. The van der Waals surface area contributed by atoms with Crippen LogP contribution in [0.25, 0.3) is 11.3 Å². The zero-order chi connectivity index (χ0) is 15.5. The molecular formula is C16H10N4OS. The smallest absolute Gasteiger partial charge is 0.216 e. The Labute approximate surface area is 132 Å². The van der Waals surface area contributed by atoms with Crippen LogP contribution in [0.1, 0.15) is 21.6 Å². The van der Waals surface area contributed by atoms with E-state index in [2.05, 4.69) is 28.0 Å². The molecule has 3 aromatic rings. The van der Waals surface area contributed by atoms with Crippen molar-refractivity contribution in [3.05, 3.63) is 65.4 Å². The summed E-state index contributed by atoms with van der Waals surface area (Å²) < 4.78 is 0. The molecule has 2 aromatic carbocycles. The summed E-state index contributed by atoms with van der Waals surface area (Å²) in [7, 11) is 0. The van der Waals surface area contributed by atoms with E-state index in [9.17, 15) is 4.79 Å². The number of aromatic nitrogens is 3. The molecule has 0 spiro atoms. The molecule has 0 aliphatic heterocycles. The number of carbonyl (C=O) groups excluding carboxylic acids is 1. The summed E-state index contributed by atoms with van der Waals surface area (Å²) in [5, 5.41) is 19.3. The molecule has 0 atom stereocenters. The van der Waals surface area contributed by atoms with Gasteiger partial charge in [-0.1, -0.05) is 24.3 Å². The van der Waals surface area contributed by atoms with E-state index >= 15 is 0 Å². The normalized spacial score (nSPS) is 10.2. The number of thiol groups is 1. The van der Waals surface area contributed by atoms with Crippen LogP contribution in [0.3, 0.4) is 0 Å². The lowest BCUT2D eigenvalue weighted by molar-refractivity contribution is 0.103. The lowest BCUT2D eigenvalue weighted by Crippen LogP contribution is -2.05. The van der Waals surface area contributed by atoms with Gasteiger partial charge in [-0.3, -0.25) is 4.79 Å². The van der Waals surface area contributed by atoms with Crippen molar-refractivity contribution in [2.45, 2.75) is 4.90 Å².